The van der Waals surface area contributed by atoms with Crippen molar-refractivity contribution in [2.24, 2.45) is 0 Å². The van der Waals surface area contributed by atoms with E-state index in [9.17, 15) is 18.0 Å². The highest BCUT2D eigenvalue weighted by Gasteiger charge is 2.30. The maximum absolute atomic E-state index is 12.8. The van der Waals surface area contributed by atoms with Crippen LogP contribution in [0, 0.1) is 6.92 Å². The van der Waals surface area contributed by atoms with Crippen molar-refractivity contribution in [2.75, 3.05) is 32.8 Å². The largest absolute Gasteiger partial charge is 0.483 e. The molecule has 0 aliphatic carbocycles. The van der Waals surface area contributed by atoms with Gasteiger partial charge in [0.1, 0.15) is 5.75 Å². The van der Waals surface area contributed by atoms with Crippen molar-refractivity contribution >= 4 is 21.7 Å². The van der Waals surface area contributed by atoms with Crippen molar-refractivity contribution in [3.8, 4) is 5.75 Å². The molecule has 8 heteroatoms. The Morgan fingerprint density at radius 1 is 0.966 bits per heavy atom. The fraction of sp³-hybridized carbons (Fsp3) is 0.333. The quantitative estimate of drug-likeness (QED) is 0.674. The van der Waals surface area contributed by atoms with Gasteiger partial charge in [0.25, 0.3) is 5.91 Å². The van der Waals surface area contributed by atoms with E-state index in [1.165, 1.54) is 11.2 Å². The first-order valence-electron chi connectivity index (χ1n) is 9.36. The van der Waals surface area contributed by atoms with E-state index in [0.717, 1.165) is 5.56 Å². The summed E-state index contributed by atoms with van der Waals surface area (Å²) in [4.78, 5) is 25.9. The first kappa shape index (κ1) is 21.0. The van der Waals surface area contributed by atoms with Crippen molar-refractivity contribution in [1.29, 1.82) is 0 Å². The number of carbonyl (C=O) groups excluding carboxylic acids is 2. The molecule has 1 saturated heterocycles. The summed E-state index contributed by atoms with van der Waals surface area (Å²) in [5.74, 6) is -0.00681. The van der Waals surface area contributed by atoms with Gasteiger partial charge in [-0.25, -0.2) is 8.42 Å². The second-order valence-electron chi connectivity index (χ2n) is 6.94. The van der Waals surface area contributed by atoms with E-state index in [2.05, 4.69) is 0 Å². The minimum absolute atomic E-state index is 0.136. The van der Waals surface area contributed by atoms with Crippen molar-refractivity contribution in [1.82, 2.24) is 9.21 Å². The van der Waals surface area contributed by atoms with Gasteiger partial charge in [-0.3, -0.25) is 9.59 Å². The van der Waals surface area contributed by atoms with Crippen molar-refractivity contribution in [3.63, 3.8) is 0 Å². The second kappa shape index (κ2) is 8.75. The average Bonchev–Trinajstić information content (AvgIpc) is 2.72. The number of sulfonamides is 1. The molecule has 0 spiro atoms. The molecule has 0 saturated carbocycles. The minimum atomic E-state index is -3.57. The lowest BCUT2D eigenvalue weighted by Gasteiger charge is -2.34. The standard InChI is InChI=1S/C21H24N2O5S/c1-16-7-9-18(10-8-16)29(26,27)23-13-11-22(12-14-23)21(25)15-28-20-6-4-3-5-19(20)17(2)24/h3-10H,11-15H2,1-2H3. The Morgan fingerprint density at radius 3 is 2.21 bits per heavy atom. The van der Waals surface area contributed by atoms with Crippen LogP contribution in [0.15, 0.2) is 53.4 Å². The van der Waals surface area contributed by atoms with E-state index in [0.29, 0.717) is 24.4 Å². The summed E-state index contributed by atoms with van der Waals surface area (Å²) in [6.07, 6.45) is 0. The Labute approximate surface area is 170 Å². The van der Waals surface area contributed by atoms with Gasteiger partial charge >= 0.3 is 0 Å². The molecule has 2 aromatic carbocycles. The Morgan fingerprint density at radius 2 is 1.59 bits per heavy atom. The number of benzene rings is 2. The van der Waals surface area contributed by atoms with Gasteiger partial charge in [0.05, 0.1) is 10.5 Å². The van der Waals surface area contributed by atoms with Gasteiger partial charge in [-0.15, -0.1) is 0 Å². The average molecular weight is 416 g/mol. The molecule has 1 fully saturated rings. The molecule has 154 valence electrons. The number of rotatable bonds is 6. The maximum Gasteiger partial charge on any atom is 0.260 e. The maximum atomic E-state index is 12.8. The van der Waals surface area contributed by atoms with Gasteiger partial charge in [0, 0.05) is 26.2 Å². The van der Waals surface area contributed by atoms with Gasteiger partial charge in [-0.05, 0) is 38.1 Å². The minimum Gasteiger partial charge on any atom is -0.483 e. The third-order valence-corrected chi connectivity index (χ3v) is 6.78. The number of nitrogens with zero attached hydrogens (tertiary/aromatic N) is 2. The van der Waals surface area contributed by atoms with Crippen molar-refractivity contribution < 1.29 is 22.7 Å². The Hall–Kier alpha value is -2.71. The van der Waals surface area contributed by atoms with Crippen LogP contribution in [0.2, 0.25) is 0 Å². The highest BCUT2D eigenvalue weighted by molar-refractivity contribution is 7.89. The summed E-state index contributed by atoms with van der Waals surface area (Å²) < 4.78 is 32.4. The lowest BCUT2D eigenvalue weighted by molar-refractivity contribution is -0.134. The summed E-state index contributed by atoms with van der Waals surface area (Å²) in [6.45, 7) is 4.19. The molecule has 0 bridgehead atoms. The first-order chi connectivity index (χ1) is 13.8. The molecule has 0 unspecified atom stereocenters. The summed E-state index contributed by atoms with van der Waals surface area (Å²) >= 11 is 0. The van der Waals surface area contributed by atoms with E-state index in [1.807, 2.05) is 6.92 Å². The van der Waals surface area contributed by atoms with Crippen LogP contribution in [0.1, 0.15) is 22.8 Å². The topological polar surface area (TPSA) is 84.0 Å². The van der Waals surface area contributed by atoms with Gasteiger partial charge in [0.15, 0.2) is 12.4 Å². The van der Waals surface area contributed by atoms with Crippen LogP contribution >= 0.6 is 0 Å². The lowest BCUT2D eigenvalue weighted by Crippen LogP contribution is -2.51. The Balaban J connectivity index is 1.57. The number of amides is 1. The number of carbonyl (C=O) groups is 2. The van der Waals surface area contributed by atoms with Crippen LogP contribution in [0.3, 0.4) is 0 Å². The van der Waals surface area contributed by atoms with Gasteiger partial charge in [-0.2, -0.15) is 4.31 Å². The zero-order valence-electron chi connectivity index (χ0n) is 16.5. The third kappa shape index (κ3) is 4.83. The van der Waals surface area contributed by atoms with Crippen LogP contribution in [0.25, 0.3) is 0 Å². The molecule has 1 amide bonds. The van der Waals surface area contributed by atoms with E-state index in [1.54, 1.807) is 53.4 Å². The number of hydrogen-bond acceptors (Lipinski definition) is 5. The summed E-state index contributed by atoms with van der Waals surface area (Å²) in [5.41, 5.74) is 1.42. The molecule has 0 radical (unpaired) electrons. The zero-order valence-corrected chi connectivity index (χ0v) is 17.3. The molecular weight excluding hydrogens is 392 g/mol. The second-order valence-corrected chi connectivity index (χ2v) is 8.88. The van der Waals surface area contributed by atoms with Crippen LogP contribution in [0.5, 0.6) is 5.75 Å². The summed E-state index contributed by atoms with van der Waals surface area (Å²) in [5, 5.41) is 0. The predicted molar refractivity (Wildman–Crippen MR) is 108 cm³/mol. The molecule has 7 nitrogen and oxygen atoms in total. The fourth-order valence-corrected chi connectivity index (χ4v) is 4.57. The molecule has 29 heavy (non-hydrogen) atoms. The number of ether oxygens (including phenoxy) is 1. The van der Waals surface area contributed by atoms with Crippen molar-refractivity contribution in [3.05, 3.63) is 59.7 Å². The normalized spacial score (nSPS) is 15.2. The number of ketones is 1. The van der Waals surface area contributed by atoms with Crippen molar-refractivity contribution in [2.45, 2.75) is 18.7 Å². The molecule has 1 heterocycles. The molecular formula is C21H24N2O5S. The van der Waals surface area contributed by atoms with Crippen LogP contribution < -0.4 is 4.74 Å². The molecule has 1 aliphatic rings. The van der Waals surface area contributed by atoms with E-state index < -0.39 is 10.0 Å². The van der Waals surface area contributed by atoms with E-state index >= 15 is 0 Å². The fourth-order valence-electron chi connectivity index (χ4n) is 3.15. The Bertz CT molecular complexity index is 994. The van der Waals surface area contributed by atoms with Crippen LogP contribution in [0.4, 0.5) is 0 Å². The zero-order chi connectivity index (χ0) is 21.0. The molecule has 0 aromatic heterocycles. The lowest BCUT2D eigenvalue weighted by atomic mass is 10.1. The first-order valence-corrected chi connectivity index (χ1v) is 10.8. The number of hydrogen-bond donors (Lipinski definition) is 0. The molecule has 0 N–H and O–H groups in total. The van der Waals surface area contributed by atoms with Gasteiger partial charge < -0.3 is 9.64 Å². The van der Waals surface area contributed by atoms with Gasteiger partial charge in [0.2, 0.25) is 10.0 Å². The molecule has 3 rings (SSSR count). The highest BCUT2D eigenvalue weighted by atomic mass is 32.2. The SMILES string of the molecule is CC(=O)c1ccccc1OCC(=O)N1CCN(S(=O)(=O)c2ccc(C)cc2)CC1. The summed E-state index contributed by atoms with van der Waals surface area (Å²) in [6, 6.07) is 13.5. The summed E-state index contributed by atoms with van der Waals surface area (Å²) in [7, 11) is -3.57. The van der Waals surface area contributed by atoms with E-state index in [4.69, 9.17) is 4.74 Å². The van der Waals surface area contributed by atoms with Crippen LogP contribution in [-0.2, 0) is 14.8 Å². The van der Waals surface area contributed by atoms with Crippen LogP contribution in [-0.4, -0.2) is 62.1 Å². The third-order valence-electron chi connectivity index (χ3n) is 4.87. The van der Waals surface area contributed by atoms with E-state index in [-0.39, 0.29) is 36.3 Å². The number of Topliss-reactive ketones (excluding diaryl/α,β-unsaturated/α-hetero) is 1. The highest BCUT2D eigenvalue weighted by Crippen LogP contribution is 2.20. The predicted octanol–water partition coefficient (Wildman–Crippen LogP) is 2.11. The van der Waals surface area contributed by atoms with Gasteiger partial charge in [-0.1, -0.05) is 29.8 Å². The molecule has 0 atom stereocenters. The monoisotopic (exact) mass is 416 g/mol. The Kier molecular flexibility index (Phi) is 6.34. The number of para-hydroxylation sites is 1. The molecule has 2 aromatic rings. The molecule has 1 aliphatic heterocycles. The number of aryl methyl sites for hydroxylation is 1. The smallest absolute Gasteiger partial charge is 0.260 e. The number of piperazine rings is 1.